The number of rotatable bonds is 5. The average Bonchev–Trinajstić information content (AvgIpc) is 2.82. The summed E-state index contributed by atoms with van der Waals surface area (Å²) in [4.78, 5) is 15.6. The maximum Gasteiger partial charge on any atom is 0.313 e. The molecule has 100 valence electrons. The first-order valence-corrected chi connectivity index (χ1v) is 6.54. The van der Waals surface area contributed by atoms with Gasteiger partial charge in [0.05, 0.1) is 7.11 Å². The van der Waals surface area contributed by atoms with Crippen LogP contribution in [-0.2, 0) is 11.2 Å². The van der Waals surface area contributed by atoms with Crippen LogP contribution in [-0.4, -0.2) is 27.5 Å². The molecule has 1 aromatic carbocycles. The fourth-order valence-electron chi connectivity index (χ4n) is 1.83. The molecular weight excluding hydrogens is 264 g/mol. The third-order valence-corrected chi connectivity index (χ3v) is 3.67. The molecule has 1 unspecified atom stereocenters. The van der Waals surface area contributed by atoms with Gasteiger partial charge in [-0.15, -0.1) is 0 Å². The first kappa shape index (κ1) is 13.5. The molecular formula is C13H14N2O3S. The molecule has 0 aliphatic carbocycles. The predicted octanol–water partition coefficient (Wildman–Crippen LogP) is 2.27. The largest absolute Gasteiger partial charge is 0.496 e. The highest BCUT2D eigenvalue weighted by Crippen LogP contribution is 2.27. The average molecular weight is 278 g/mol. The van der Waals surface area contributed by atoms with Crippen molar-refractivity contribution < 1.29 is 14.6 Å². The van der Waals surface area contributed by atoms with Crippen molar-refractivity contribution in [2.24, 2.45) is 0 Å². The van der Waals surface area contributed by atoms with Gasteiger partial charge in [-0.25, -0.2) is 4.98 Å². The van der Waals surface area contributed by atoms with Crippen LogP contribution in [0, 0.1) is 6.92 Å². The van der Waals surface area contributed by atoms with Gasteiger partial charge in [-0.2, -0.15) is 4.37 Å². The van der Waals surface area contributed by atoms with Crippen LogP contribution >= 0.6 is 11.5 Å². The molecule has 0 fully saturated rings. The minimum Gasteiger partial charge on any atom is -0.496 e. The third kappa shape index (κ3) is 3.08. The number of aromatic nitrogens is 2. The Morgan fingerprint density at radius 2 is 2.21 bits per heavy atom. The number of hydrogen-bond donors (Lipinski definition) is 1. The van der Waals surface area contributed by atoms with Gasteiger partial charge >= 0.3 is 5.97 Å². The molecule has 1 heterocycles. The number of carbonyl (C=O) groups is 1. The summed E-state index contributed by atoms with van der Waals surface area (Å²) >= 11 is 1.14. The molecule has 0 aliphatic heterocycles. The van der Waals surface area contributed by atoms with Crippen LogP contribution in [0.15, 0.2) is 24.3 Å². The number of carboxylic acid groups (broad SMARTS) is 1. The van der Waals surface area contributed by atoms with Crippen LogP contribution in [0.25, 0.3) is 0 Å². The number of carboxylic acids is 1. The Kier molecular flexibility index (Phi) is 4.11. The monoisotopic (exact) mass is 278 g/mol. The van der Waals surface area contributed by atoms with Gasteiger partial charge in [0.1, 0.15) is 22.5 Å². The fraction of sp³-hybridized carbons (Fsp3) is 0.308. The van der Waals surface area contributed by atoms with E-state index in [1.165, 1.54) is 0 Å². The van der Waals surface area contributed by atoms with E-state index in [-0.39, 0.29) is 0 Å². The molecule has 0 radical (unpaired) electrons. The first-order valence-electron chi connectivity index (χ1n) is 5.76. The van der Waals surface area contributed by atoms with E-state index in [9.17, 15) is 9.90 Å². The van der Waals surface area contributed by atoms with Gasteiger partial charge < -0.3 is 9.84 Å². The van der Waals surface area contributed by atoms with Crippen molar-refractivity contribution in [3.63, 3.8) is 0 Å². The van der Waals surface area contributed by atoms with E-state index in [0.29, 0.717) is 23.0 Å². The SMILES string of the molecule is COc1ccccc1CC(C(=O)O)c1nc(C)ns1. The Labute approximate surface area is 115 Å². The summed E-state index contributed by atoms with van der Waals surface area (Å²) in [6, 6.07) is 7.40. The van der Waals surface area contributed by atoms with E-state index in [2.05, 4.69) is 9.36 Å². The highest BCUT2D eigenvalue weighted by Gasteiger charge is 2.25. The zero-order chi connectivity index (χ0) is 13.8. The number of aliphatic carboxylic acids is 1. The Morgan fingerprint density at radius 1 is 1.47 bits per heavy atom. The van der Waals surface area contributed by atoms with Crippen molar-refractivity contribution >= 4 is 17.5 Å². The molecule has 0 spiro atoms. The Balaban J connectivity index is 2.29. The number of para-hydroxylation sites is 1. The molecule has 2 rings (SSSR count). The Hall–Kier alpha value is -1.95. The summed E-state index contributed by atoms with van der Waals surface area (Å²) in [7, 11) is 1.57. The van der Waals surface area contributed by atoms with Crippen molar-refractivity contribution in [3.8, 4) is 5.75 Å². The lowest BCUT2D eigenvalue weighted by Crippen LogP contribution is -2.14. The molecule has 0 bridgehead atoms. The Bertz CT molecular complexity index is 583. The molecule has 2 aromatic rings. The summed E-state index contributed by atoms with van der Waals surface area (Å²) in [6.07, 6.45) is 0.341. The maximum absolute atomic E-state index is 11.4. The topological polar surface area (TPSA) is 72.3 Å². The Morgan fingerprint density at radius 3 is 2.79 bits per heavy atom. The molecule has 6 heteroatoms. The summed E-state index contributed by atoms with van der Waals surface area (Å²) in [5.74, 6) is -0.300. The second kappa shape index (κ2) is 5.79. The van der Waals surface area contributed by atoms with E-state index in [0.717, 1.165) is 17.1 Å². The summed E-state index contributed by atoms with van der Waals surface area (Å²) in [5, 5.41) is 9.88. The van der Waals surface area contributed by atoms with E-state index < -0.39 is 11.9 Å². The van der Waals surface area contributed by atoms with Gasteiger partial charge in [0.2, 0.25) is 0 Å². The van der Waals surface area contributed by atoms with Crippen molar-refractivity contribution in [2.75, 3.05) is 7.11 Å². The molecule has 1 aromatic heterocycles. The molecule has 0 amide bonds. The van der Waals surface area contributed by atoms with Gasteiger partial charge in [0.15, 0.2) is 0 Å². The minimum absolute atomic E-state index is 0.341. The highest BCUT2D eigenvalue weighted by atomic mass is 32.1. The summed E-state index contributed by atoms with van der Waals surface area (Å²) in [6.45, 7) is 1.75. The number of aryl methyl sites for hydroxylation is 1. The first-order chi connectivity index (χ1) is 9.11. The summed E-state index contributed by atoms with van der Waals surface area (Å²) in [5.41, 5.74) is 0.852. The van der Waals surface area contributed by atoms with Gasteiger partial charge in [-0.05, 0) is 36.5 Å². The smallest absolute Gasteiger partial charge is 0.313 e. The van der Waals surface area contributed by atoms with Gasteiger partial charge in [-0.3, -0.25) is 4.79 Å². The quantitative estimate of drug-likeness (QED) is 0.908. The molecule has 0 saturated carbocycles. The van der Waals surface area contributed by atoms with E-state index >= 15 is 0 Å². The van der Waals surface area contributed by atoms with Crippen LogP contribution in [0.1, 0.15) is 22.3 Å². The normalized spacial score (nSPS) is 12.1. The van der Waals surface area contributed by atoms with Crippen molar-refractivity contribution in [1.29, 1.82) is 0 Å². The van der Waals surface area contributed by atoms with Crippen LogP contribution in [0.3, 0.4) is 0 Å². The lowest BCUT2D eigenvalue weighted by atomic mass is 9.99. The molecule has 0 saturated heterocycles. The minimum atomic E-state index is -0.901. The predicted molar refractivity (Wildman–Crippen MR) is 71.7 cm³/mol. The molecule has 0 aliphatic rings. The van der Waals surface area contributed by atoms with Gasteiger partial charge in [-0.1, -0.05) is 18.2 Å². The molecule has 1 atom stereocenters. The third-order valence-electron chi connectivity index (χ3n) is 2.76. The molecule has 5 nitrogen and oxygen atoms in total. The second-order valence-corrected chi connectivity index (χ2v) is 4.87. The van der Waals surface area contributed by atoms with Crippen LogP contribution in [0.5, 0.6) is 5.75 Å². The fourth-order valence-corrected chi connectivity index (χ4v) is 2.58. The van der Waals surface area contributed by atoms with E-state index in [4.69, 9.17) is 4.74 Å². The molecule has 1 N–H and O–H groups in total. The van der Waals surface area contributed by atoms with Gasteiger partial charge in [0.25, 0.3) is 0 Å². The van der Waals surface area contributed by atoms with E-state index in [1.54, 1.807) is 14.0 Å². The van der Waals surface area contributed by atoms with Crippen molar-refractivity contribution in [3.05, 3.63) is 40.7 Å². The number of ether oxygens (including phenoxy) is 1. The number of benzene rings is 1. The lowest BCUT2D eigenvalue weighted by Gasteiger charge is -2.12. The maximum atomic E-state index is 11.4. The zero-order valence-corrected chi connectivity index (χ0v) is 11.5. The van der Waals surface area contributed by atoms with Gasteiger partial charge in [0, 0.05) is 0 Å². The van der Waals surface area contributed by atoms with E-state index in [1.807, 2.05) is 24.3 Å². The van der Waals surface area contributed by atoms with Crippen molar-refractivity contribution in [1.82, 2.24) is 9.36 Å². The number of nitrogens with zero attached hydrogens (tertiary/aromatic N) is 2. The lowest BCUT2D eigenvalue weighted by molar-refractivity contribution is -0.138. The standard InChI is InChI=1S/C13H14N2O3S/c1-8-14-12(19-15-8)10(13(16)17)7-9-5-3-4-6-11(9)18-2/h3-6,10H,7H2,1-2H3,(H,16,17). The van der Waals surface area contributed by atoms with Crippen LogP contribution in [0.4, 0.5) is 0 Å². The van der Waals surface area contributed by atoms with Crippen LogP contribution in [0.2, 0.25) is 0 Å². The van der Waals surface area contributed by atoms with Crippen LogP contribution < -0.4 is 4.74 Å². The number of hydrogen-bond acceptors (Lipinski definition) is 5. The zero-order valence-electron chi connectivity index (χ0n) is 10.7. The molecule has 19 heavy (non-hydrogen) atoms. The number of methoxy groups -OCH3 is 1. The second-order valence-electron chi connectivity index (χ2n) is 4.09. The van der Waals surface area contributed by atoms with Crippen molar-refractivity contribution in [2.45, 2.75) is 19.3 Å². The highest BCUT2D eigenvalue weighted by molar-refractivity contribution is 7.05. The summed E-state index contributed by atoms with van der Waals surface area (Å²) < 4.78 is 9.28.